The van der Waals surface area contributed by atoms with Crippen LogP contribution in [0.3, 0.4) is 0 Å². The lowest BCUT2D eigenvalue weighted by Crippen LogP contribution is -2.12. The third-order valence-corrected chi connectivity index (χ3v) is 3.80. The van der Waals surface area contributed by atoms with E-state index in [1.807, 2.05) is 19.9 Å². The van der Waals surface area contributed by atoms with Crippen LogP contribution in [0, 0.1) is 6.92 Å². The molecule has 0 unspecified atom stereocenters. The Labute approximate surface area is 137 Å². The Hall–Kier alpha value is -1.52. The van der Waals surface area contributed by atoms with Crippen LogP contribution in [0.15, 0.2) is 40.9 Å². The van der Waals surface area contributed by atoms with Gasteiger partial charge in [-0.3, -0.25) is 4.79 Å². The molecule has 21 heavy (non-hydrogen) atoms. The Morgan fingerprint density at radius 3 is 2.71 bits per heavy atom. The van der Waals surface area contributed by atoms with Crippen molar-refractivity contribution in [1.82, 2.24) is 0 Å². The summed E-state index contributed by atoms with van der Waals surface area (Å²) in [5.41, 5.74) is 2.21. The fourth-order valence-electron chi connectivity index (χ4n) is 1.84. The molecule has 110 valence electrons. The summed E-state index contributed by atoms with van der Waals surface area (Å²) in [5.74, 6) is 0.525. The summed E-state index contributed by atoms with van der Waals surface area (Å²) in [6, 6.07) is 10.6. The Bertz CT molecular complexity index is 673. The lowest BCUT2D eigenvalue weighted by molar-refractivity contribution is 0.102. The number of ether oxygens (including phenoxy) is 1. The van der Waals surface area contributed by atoms with E-state index in [-0.39, 0.29) is 5.91 Å². The van der Waals surface area contributed by atoms with E-state index in [4.69, 9.17) is 16.3 Å². The second-order valence-electron chi connectivity index (χ2n) is 4.49. The molecule has 5 heteroatoms. The van der Waals surface area contributed by atoms with Gasteiger partial charge in [-0.25, -0.2) is 0 Å². The first-order valence-electron chi connectivity index (χ1n) is 6.51. The van der Waals surface area contributed by atoms with Crippen LogP contribution in [0.25, 0.3) is 0 Å². The summed E-state index contributed by atoms with van der Waals surface area (Å²) in [6.45, 7) is 4.40. The van der Waals surface area contributed by atoms with Crippen LogP contribution in [-0.4, -0.2) is 12.5 Å². The van der Waals surface area contributed by atoms with Gasteiger partial charge in [-0.05, 0) is 65.7 Å². The number of carbonyl (C=O) groups excluding carboxylic acids is 1. The maximum atomic E-state index is 12.3. The Morgan fingerprint density at radius 1 is 1.29 bits per heavy atom. The molecule has 0 aliphatic heterocycles. The van der Waals surface area contributed by atoms with Gasteiger partial charge in [-0.1, -0.05) is 17.7 Å². The lowest BCUT2D eigenvalue weighted by Gasteiger charge is -2.10. The summed E-state index contributed by atoms with van der Waals surface area (Å²) in [7, 11) is 0. The summed E-state index contributed by atoms with van der Waals surface area (Å²) in [6.07, 6.45) is 0. The van der Waals surface area contributed by atoms with Gasteiger partial charge in [0.2, 0.25) is 0 Å². The number of anilines is 1. The van der Waals surface area contributed by atoms with E-state index >= 15 is 0 Å². The minimum atomic E-state index is -0.191. The lowest BCUT2D eigenvalue weighted by atomic mass is 10.1. The van der Waals surface area contributed by atoms with Gasteiger partial charge in [0.25, 0.3) is 5.91 Å². The Morgan fingerprint density at radius 2 is 2.05 bits per heavy atom. The largest absolute Gasteiger partial charge is 0.493 e. The van der Waals surface area contributed by atoms with E-state index in [1.165, 1.54) is 0 Å². The minimum absolute atomic E-state index is 0.191. The predicted octanol–water partition coefficient (Wildman–Crippen LogP) is 5.06. The van der Waals surface area contributed by atoms with Gasteiger partial charge in [0.15, 0.2) is 0 Å². The number of rotatable bonds is 4. The standard InChI is InChI=1S/C16H15BrClNO2/c1-3-21-15-7-5-11(8-13(15)17)16(20)19-14-9-12(18)6-4-10(14)2/h4-9H,3H2,1-2H3,(H,19,20). The molecule has 0 saturated carbocycles. The Balaban J connectivity index is 2.20. The van der Waals surface area contributed by atoms with Crippen molar-refractivity contribution in [3.05, 3.63) is 57.0 Å². The molecule has 1 amide bonds. The maximum Gasteiger partial charge on any atom is 0.255 e. The monoisotopic (exact) mass is 367 g/mol. The zero-order chi connectivity index (χ0) is 15.4. The molecule has 0 atom stereocenters. The molecule has 0 spiro atoms. The van der Waals surface area contributed by atoms with Crippen molar-refractivity contribution in [3.8, 4) is 5.75 Å². The molecule has 0 bridgehead atoms. The van der Waals surface area contributed by atoms with Gasteiger partial charge in [-0.15, -0.1) is 0 Å². The van der Waals surface area contributed by atoms with Crippen molar-refractivity contribution in [2.75, 3.05) is 11.9 Å². The summed E-state index contributed by atoms with van der Waals surface area (Å²) < 4.78 is 6.18. The van der Waals surface area contributed by atoms with Crippen molar-refractivity contribution < 1.29 is 9.53 Å². The van der Waals surface area contributed by atoms with Crippen molar-refractivity contribution in [1.29, 1.82) is 0 Å². The van der Waals surface area contributed by atoms with E-state index in [1.54, 1.807) is 30.3 Å². The van der Waals surface area contributed by atoms with Crippen LogP contribution in [0.1, 0.15) is 22.8 Å². The van der Waals surface area contributed by atoms with E-state index in [0.717, 1.165) is 10.0 Å². The molecule has 0 heterocycles. The van der Waals surface area contributed by atoms with Crippen molar-refractivity contribution >= 4 is 39.1 Å². The summed E-state index contributed by atoms with van der Waals surface area (Å²) in [5, 5.41) is 3.45. The molecule has 1 N–H and O–H groups in total. The highest BCUT2D eigenvalue weighted by Gasteiger charge is 2.11. The fraction of sp³-hybridized carbons (Fsp3) is 0.188. The molecule has 0 radical (unpaired) electrons. The molecule has 0 fully saturated rings. The maximum absolute atomic E-state index is 12.3. The molecular weight excluding hydrogens is 354 g/mol. The third-order valence-electron chi connectivity index (χ3n) is 2.94. The number of halogens is 2. The molecule has 2 aromatic carbocycles. The van der Waals surface area contributed by atoms with Gasteiger partial charge >= 0.3 is 0 Å². The van der Waals surface area contributed by atoms with E-state index < -0.39 is 0 Å². The fourth-order valence-corrected chi connectivity index (χ4v) is 2.50. The topological polar surface area (TPSA) is 38.3 Å². The molecule has 0 saturated heterocycles. The number of carbonyl (C=O) groups is 1. The third kappa shape index (κ3) is 3.99. The molecule has 2 rings (SSSR count). The molecule has 3 nitrogen and oxygen atoms in total. The second kappa shape index (κ2) is 6.96. The van der Waals surface area contributed by atoms with E-state index in [0.29, 0.717) is 28.6 Å². The number of hydrogen-bond donors (Lipinski definition) is 1. The first-order valence-corrected chi connectivity index (χ1v) is 7.68. The predicted molar refractivity (Wildman–Crippen MR) is 89.5 cm³/mol. The van der Waals surface area contributed by atoms with Crippen LogP contribution in [-0.2, 0) is 0 Å². The van der Waals surface area contributed by atoms with Crippen LogP contribution in [0.5, 0.6) is 5.75 Å². The molecule has 0 aliphatic carbocycles. The highest BCUT2D eigenvalue weighted by atomic mass is 79.9. The highest BCUT2D eigenvalue weighted by molar-refractivity contribution is 9.10. The van der Waals surface area contributed by atoms with Gasteiger partial charge in [0.05, 0.1) is 11.1 Å². The average Bonchev–Trinajstić information content (AvgIpc) is 2.45. The number of nitrogens with one attached hydrogen (secondary N) is 1. The number of hydrogen-bond acceptors (Lipinski definition) is 2. The van der Waals surface area contributed by atoms with E-state index in [2.05, 4.69) is 21.2 Å². The van der Waals surface area contributed by atoms with Crippen LogP contribution >= 0.6 is 27.5 Å². The molecule has 2 aromatic rings. The van der Waals surface area contributed by atoms with Gasteiger partial charge in [0, 0.05) is 16.3 Å². The van der Waals surface area contributed by atoms with Gasteiger partial charge in [0.1, 0.15) is 5.75 Å². The van der Waals surface area contributed by atoms with Crippen LogP contribution in [0.4, 0.5) is 5.69 Å². The Kier molecular flexibility index (Phi) is 5.26. The normalized spacial score (nSPS) is 10.3. The highest BCUT2D eigenvalue weighted by Crippen LogP contribution is 2.27. The zero-order valence-electron chi connectivity index (χ0n) is 11.7. The summed E-state index contributed by atoms with van der Waals surface area (Å²) in [4.78, 5) is 12.3. The van der Waals surface area contributed by atoms with Crippen LogP contribution < -0.4 is 10.1 Å². The molecule has 0 aliphatic rings. The molecular formula is C16H15BrClNO2. The van der Waals surface area contributed by atoms with Gasteiger partial charge in [-0.2, -0.15) is 0 Å². The van der Waals surface area contributed by atoms with Gasteiger partial charge < -0.3 is 10.1 Å². The smallest absolute Gasteiger partial charge is 0.255 e. The van der Waals surface area contributed by atoms with E-state index in [9.17, 15) is 4.79 Å². The van der Waals surface area contributed by atoms with Crippen molar-refractivity contribution in [2.24, 2.45) is 0 Å². The average molecular weight is 369 g/mol. The zero-order valence-corrected chi connectivity index (χ0v) is 14.1. The number of benzene rings is 2. The SMILES string of the molecule is CCOc1ccc(C(=O)Nc2cc(Cl)ccc2C)cc1Br. The van der Waals surface area contributed by atoms with Crippen LogP contribution in [0.2, 0.25) is 5.02 Å². The van der Waals surface area contributed by atoms with Crippen molar-refractivity contribution in [3.63, 3.8) is 0 Å². The number of amides is 1. The quantitative estimate of drug-likeness (QED) is 0.819. The summed E-state index contributed by atoms with van der Waals surface area (Å²) >= 11 is 9.35. The number of aryl methyl sites for hydroxylation is 1. The minimum Gasteiger partial charge on any atom is -0.493 e. The molecule has 0 aromatic heterocycles. The first kappa shape index (κ1) is 15.9. The first-order chi connectivity index (χ1) is 10.0. The van der Waals surface area contributed by atoms with Crippen molar-refractivity contribution in [2.45, 2.75) is 13.8 Å². The second-order valence-corrected chi connectivity index (χ2v) is 5.78.